The van der Waals surface area contributed by atoms with E-state index in [2.05, 4.69) is 31.4 Å². The second-order valence-corrected chi connectivity index (χ2v) is 12.9. The van der Waals surface area contributed by atoms with E-state index in [0.717, 1.165) is 115 Å². The van der Waals surface area contributed by atoms with Gasteiger partial charge in [0.2, 0.25) is 0 Å². The van der Waals surface area contributed by atoms with Gasteiger partial charge in [-0.25, -0.2) is 4.79 Å². The number of cyclic esters (lactones) is 1. The highest BCUT2D eigenvalue weighted by molar-refractivity contribution is 5.70. The monoisotopic (exact) mass is 610 g/mol. The Labute approximate surface area is 256 Å². The molecule has 1 aromatic rings. The number of ether oxygens (including phenoxy) is 1. The van der Waals surface area contributed by atoms with Crippen molar-refractivity contribution in [1.29, 1.82) is 0 Å². The number of amides is 1. The number of piperidine rings is 1. The number of benzene rings is 1. The maximum Gasteiger partial charge on any atom is 0.416 e. The lowest BCUT2D eigenvalue weighted by Gasteiger charge is -2.39. The van der Waals surface area contributed by atoms with Crippen molar-refractivity contribution in [2.24, 2.45) is 17.1 Å². The molecule has 4 rings (SSSR count). The molecular formula is C33H53F3N4O3. The summed E-state index contributed by atoms with van der Waals surface area (Å²) in [6, 6.07) is 5.77. The molecule has 0 spiro atoms. The van der Waals surface area contributed by atoms with E-state index in [0.29, 0.717) is 11.8 Å². The third-order valence-electron chi connectivity index (χ3n) is 9.67. The van der Waals surface area contributed by atoms with Gasteiger partial charge < -0.3 is 15.0 Å². The number of carbonyl (C=O) groups is 1. The summed E-state index contributed by atoms with van der Waals surface area (Å²) in [5.74, 6) is 1.17. The summed E-state index contributed by atoms with van der Waals surface area (Å²) in [5.41, 5.74) is 0.0439. The zero-order valence-corrected chi connectivity index (χ0v) is 26.6. The molecule has 2 saturated heterocycles. The summed E-state index contributed by atoms with van der Waals surface area (Å²) in [5, 5.41) is 8.65. The van der Waals surface area contributed by atoms with Crippen molar-refractivity contribution in [3.05, 3.63) is 40.3 Å². The van der Waals surface area contributed by atoms with Gasteiger partial charge in [-0.15, -0.1) is 4.91 Å². The average molecular weight is 611 g/mol. The van der Waals surface area contributed by atoms with Gasteiger partial charge in [-0.05, 0) is 107 Å². The summed E-state index contributed by atoms with van der Waals surface area (Å²) >= 11 is 0. The normalized spacial score (nSPS) is 25.5. The number of hydrogen-bond donors (Lipinski definition) is 1. The van der Waals surface area contributed by atoms with Gasteiger partial charge in [0.1, 0.15) is 5.60 Å². The Morgan fingerprint density at radius 1 is 1.02 bits per heavy atom. The van der Waals surface area contributed by atoms with Crippen LogP contribution in [0.4, 0.5) is 18.0 Å². The van der Waals surface area contributed by atoms with Crippen molar-refractivity contribution in [3.8, 4) is 0 Å². The van der Waals surface area contributed by atoms with Crippen LogP contribution in [-0.2, 0) is 17.3 Å². The second kappa shape index (κ2) is 16.6. The predicted octanol–water partition coefficient (Wildman–Crippen LogP) is 8.37. The molecule has 1 aromatic carbocycles. The fourth-order valence-corrected chi connectivity index (χ4v) is 6.72. The lowest BCUT2D eigenvalue weighted by molar-refractivity contribution is -0.137. The summed E-state index contributed by atoms with van der Waals surface area (Å²) in [7, 11) is 0. The van der Waals surface area contributed by atoms with Crippen LogP contribution in [0.3, 0.4) is 0 Å². The van der Waals surface area contributed by atoms with Crippen molar-refractivity contribution in [3.63, 3.8) is 0 Å². The van der Waals surface area contributed by atoms with Crippen LogP contribution in [0.25, 0.3) is 0 Å². The van der Waals surface area contributed by atoms with E-state index >= 15 is 0 Å². The van der Waals surface area contributed by atoms with Crippen LogP contribution in [0.15, 0.2) is 29.6 Å². The van der Waals surface area contributed by atoms with Crippen LogP contribution in [0.2, 0.25) is 0 Å². The number of aryl methyl sites for hydroxylation is 1. The molecule has 2 atom stereocenters. The van der Waals surface area contributed by atoms with E-state index in [1.165, 1.54) is 18.6 Å². The Hall–Kier alpha value is -2.36. The predicted molar refractivity (Wildman–Crippen MR) is 164 cm³/mol. The molecule has 3 aliphatic rings. The molecule has 2 unspecified atom stereocenters. The van der Waals surface area contributed by atoms with E-state index in [4.69, 9.17) is 4.74 Å². The van der Waals surface area contributed by atoms with Gasteiger partial charge in [-0.3, -0.25) is 5.01 Å². The van der Waals surface area contributed by atoms with Crippen molar-refractivity contribution in [2.45, 2.75) is 129 Å². The van der Waals surface area contributed by atoms with Crippen molar-refractivity contribution in [2.75, 3.05) is 26.2 Å². The molecule has 1 saturated carbocycles. The Morgan fingerprint density at radius 2 is 1.65 bits per heavy atom. The highest BCUT2D eigenvalue weighted by atomic mass is 19.4. The molecule has 1 N–H and O–H groups in total. The smallest absolute Gasteiger partial charge is 0.416 e. The van der Waals surface area contributed by atoms with E-state index in [1.807, 2.05) is 16.8 Å². The lowest BCUT2D eigenvalue weighted by atomic mass is 9.84. The highest BCUT2D eigenvalue weighted by Gasteiger charge is 2.45. The Morgan fingerprint density at radius 3 is 2.19 bits per heavy atom. The van der Waals surface area contributed by atoms with E-state index < -0.39 is 11.7 Å². The number of nitroso groups, excluding NO2 is 1. The average Bonchev–Trinajstić information content (AvgIpc) is 3.32. The molecule has 1 aliphatic carbocycles. The molecule has 244 valence electrons. The summed E-state index contributed by atoms with van der Waals surface area (Å²) in [4.78, 5) is 26.2. The molecule has 0 aromatic heterocycles. The number of rotatable bonds is 12. The number of carbonyl (C=O) groups excluding carboxylic acids is 1. The standard InChI is InChI=1S/C24H44N4O3.C9H9F3/c1-4-13-24(14-10-19(3)5-2)18-27(23(29)31-24)17-20-6-8-21(9-7-20)28(26-30)22-11-15-25-16-12-22;1-2-7-3-5-8(6-4-7)9(10,11)12/h19-22,25H,4-18H2,1-3H3;3-6H,2H2,1H3. The molecule has 1 amide bonds. The number of halogens is 3. The Bertz CT molecular complexity index is 979. The Balaban J connectivity index is 0.000000353. The maximum atomic E-state index is 12.7. The number of alkyl halides is 3. The SMILES string of the molecule is CCCC1(CCC(C)CC)CN(CC2CCC(N(N=O)C3CCNCC3)CC2)C(=O)O1.CCc1ccc(C(F)(F)F)cc1. The minimum Gasteiger partial charge on any atom is -0.441 e. The van der Waals surface area contributed by atoms with Crippen LogP contribution >= 0.6 is 0 Å². The van der Waals surface area contributed by atoms with E-state index in [-0.39, 0.29) is 23.8 Å². The van der Waals surface area contributed by atoms with Gasteiger partial charge in [-0.1, -0.05) is 52.7 Å². The van der Waals surface area contributed by atoms with Gasteiger partial charge >= 0.3 is 12.3 Å². The van der Waals surface area contributed by atoms with Crippen molar-refractivity contribution < 1.29 is 22.7 Å². The first kappa shape index (κ1) is 35.1. The third kappa shape index (κ3) is 10.4. The molecule has 43 heavy (non-hydrogen) atoms. The number of nitrogens with zero attached hydrogens (tertiary/aromatic N) is 3. The van der Waals surface area contributed by atoms with Crippen LogP contribution in [-0.4, -0.2) is 59.9 Å². The number of hydrogen-bond acceptors (Lipinski definition) is 5. The molecule has 0 bridgehead atoms. The lowest BCUT2D eigenvalue weighted by Crippen LogP contribution is -2.46. The third-order valence-corrected chi connectivity index (χ3v) is 9.67. The molecule has 10 heteroatoms. The molecule has 2 heterocycles. The van der Waals surface area contributed by atoms with Gasteiger partial charge in [-0.2, -0.15) is 13.2 Å². The maximum absolute atomic E-state index is 12.7. The molecule has 7 nitrogen and oxygen atoms in total. The van der Waals surface area contributed by atoms with Crippen molar-refractivity contribution in [1.82, 2.24) is 15.2 Å². The minimum absolute atomic E-state index is 0.120. The molecule has 2 aliphatic heterocycles. The molecular weight excluding hydrogens is 557 g/mol. The van der Waals surface area contributed by atoms with Crippen molar-refractivity contribution >= 4 is 6.09 Å². The van der Waals surface area contributed by atoms with E-state index in [9.17, 15) is 22.9 Å². The Kier molecular flexibility index (Phi) is 13.6. The fraction of sp³-hybridized carbons (Fsp3) is 0.788. The van der Waals surface area contributed by atoms with Crippen LogP contribution in [0, 0.1) is 16.7 Å². The minimum atomic E-state index is -4.22. The molecule has 0 radical (unpaired) electrons. The van der Waals surface area contributed by atoms with Crippen LogP contribution in [0.5, 0.6) is 0 Å². The highest BCUT2D eigenvalue weighted by Crippen LogP contribution is 2.37. The van der Waals surface area contributed by atoms with Gasteiger partial charge in [0.15, 0.2) is 0 Å². The summed E-state index contributed by atoms with van der Waals surface area (Å²) < 4.78 is 42.1. The molecule has 3 fully saturated rings. The van der Waals surface area contributed by atoms with Crippen LogP contribution < -0.4 is 5.32 Å². The second-order valence-electron chi connectivity index (χ2n) is 12.9. The number of nitrogens with one attached hydrogen (secondary N) is 1. The van der Waals surface area contributed by atoms with Gasteiger partial charge in [0.25, 0.3) is 0 Å². The zero-order valence-electron chi connectivity index (χ0n) is 26.6. The largest absolute Gasteiger partial charge is 0.441 e. The van der Waals surface area contributed by atoms with Gasteiger partial charge in [0, 0.05) is 6.54 Å². The van der Waals surface area contributed by atoms with E-state index in [1.54, 1.807) is 0 Å². The first-order valence-electron chi connectivity index (χ1n) is 16.5. The fourth-order valence-electron chi connectivity index (χ4n) is 6.72. The summed E-state index contributed by atoms with van der Waals surface area (Å²) in [6.07, 6.45) is 7.79. The van der Waals surface area contributed by atoms with Gasteiger partial charge in [0.05, 0.1) is 29.5 Å². The zero-order chi connectivity index (χ0) is 31.5. The summed E-state index contributed by atoms with van der Waals surface area (Å²) in [6.45, 7) is 12.1. The first-order valence-corrected chi connectivity index (χ1v) is 16.5. The first-order chi connectivity index (χ1) is 20.5. The van der Waals surface area contributed by atoms with Crippen LogP contribution in [0.1, 0.15) is 109 Å². The quantitative estimate of drug-likeness (QED) is 0.190. The topological polar surface area (TPSA) is 74.2 Å².